The topological polar surface area (TPSA) is 75.0 Å². The second-order valence-electron chi connectivity index (χ2n) is 7.01. The fraction of sp³-hybridized carbons (Fsp3) is 0.429. The van der Waals surface area contributed by atoms with E-state index in [1.165, 1.54) is 6.92 Å². The second kappa shape index (κ2) is 8.75. The van der Waals surface area contributed by atoms with Crippen LogP contribution in [0.2, 0.25) is 0 Å². The van der Waals surface area contributed by atoms with Crippen LogP contribution in [0.1, 0.15) is 47.5 Å². The van der Waals surface area contributed by atoms with E-state index in [1.54, 1.807) is 18.2 Å². The predicted octanol–water partition coefficient (Wildman–Crippen LogP) is 4.63. The van der Waals surface area contributed by atoms with Crippen molar-refractivity contribution < 1.29 is 23.4 Å². The summed E-state index contributed by atoms with van der Waals surface area (Å²) in [6, 6.07) is 5.22. The van der Waals surface area contributed by atoms with E-state index in [4.69, 9.17) is 18.6 Å². The summed E-state index contributed by atoms with van der Waals surface area (Å²) in [6.45, 7) is 9.28. The lowest BCUT2D eigenvalue weighted by atomic mass is 10.1. The molecule has 6 nitrogen and oxygen atoms in total. The molecule has 0 saturated carbocycles. The van der Waals surface area contributed by atoms with Crippen molar-refractivity contribution in [3.05, 3.63) is 40.8 Å². The monoisotopic (exact) mass is 374 g/mol. The fourth-order valence-corrected chi connectivity index (χ4v) is 2.45. The van der Waals surface area contributed by atoms with Crippen molar-refractivity contribution in [2.75, 3.05) is 6.61 Å². The van der Waals surface area contributed by atoms with Crippen LogP contribution in [-0.4, -0.2) is 18.2 Å². The Morgan fingerprint density at radius 3 is 2.56 bits per heavy atom. The number of rotatable bonds is 7. The first-order valence-electron chi connectivity index (χ1n) is 8.98. The van der Waals surface area contributed by atoms with Gasteiger partial charge in [0.15, 0.2) is 17.1 Å². The molecular weight excluding hydrogens is 348 g/mol. The maximum absolute atomic E-state index is 12.4. The van der Waals surface area contributed by atoms with Crippen LogP contribution in [0.4, 0.5) is 0 Å². The molecule has 0 unspecified atom stereocenters. The van der Waals surface area contributed by atoms with E-state index in [9.17, 15) is 9.59 Å². The van der Waals surface area contributed by atoms with E-state index >= 15 is 0 Å². The Morgan fingerprint density at radius 1 is 1.19 bits per heavy atom. The summed E-state index contributed by atoms with van der Waals surface area (Å²) in [5.41, 5.74) is -1.01. The number of benzene rings is 1. The maximum Gasteiger partial charge on any atom is 0.383 e. The minimum Gasteiger partial charge on any atom is -0.488 e. The van der Waals surface area contributed by atoms with Crippen LogP contribution < -0.4 is 19.8 Å². The summed E-state index contributed by atoms with van der Waals surface area (Å²) in [6.07, 6.45) is 5.62. The molecule has 2 aromatic rings. The van der Waals surface area contributed by atoms with Gasteiger partial charge in [0, 0.05) is 6.92 Å². The molecule has 2 rings (SSSR count). The van der Waals surface area contributed by atoms with Crippen molar-refractivity contribution in [3.8, 4) is 17.2 Å². The van der Waals surface area contributed by atoms with Crippen LogP contribution in [0.3, 0.4) is 0 Å². The Kier molecular flexibility index (Phi) is 6.66. The van der Waals surface area contributed by atoms with Crippen LogP contribution in [-0.2, 0) is 4.79 Å². The SMILES string of the molecule is CCC=CCCOc1c(OC(C)=O)c(=O)oc2c(OC(C)(C)C)cccc12. The Balaban J connectivity index is 2.55. The molecule has 0 aliphatic carbocycles. The molecule has 0 aliphatic heterocycles. The molecule has 0 radical (unpaired) electrons. The number of hydrogen-bond acceptors (Lipinski definition) is 6. The lowest BCUT2D eigenvalue weighted by Crippen LogP contribution is -2.23. The molecule has 27 heavy (non-hydrogen) atoms. The molecule has 1 aromatic heterocycles. The first-order valence-corrected chi connectivity index (χ1v) is 8.98. The van der Waals surface area contributed by atoms with Crippen molar-refractivity contribution in [2.45, 2.75) is 53.1 Å². The van der Waals surface area contributed by atoms with Gasteiger partial charge in [-0.05, 0) is 45.7 Å². The second-order valence-corrected chi connectivity index (χ2v) is 7.01. The highest BCUT2D eigenvalue weighted by Crippen LogP contribution is 2.38. The largest absolute Gasteiger partial charge is 0.488 e. The minimum absolute atomic E-state index is 0.181. The smallest absolute Gasteiger partial charge is 0.383 e. The molecule has 0 amide bonds. The molecule has 1 heterocycles. The summed E-state index contributed by atoms with van der Waals surface area (Å²) < 4.78 is 22.2. The zero-order chi connectivity index (χ0) is 20.0. The first kappa shape index (κ1) is 20.6. The Hall–Kier alpha value is -2.76. The summed E-state index contributed by atoms with van der Waals surface area (Å²) in [7, 11) is 0. The van der Waals surface area contributed by atoms with Crippen LogP contribution in [0.5, 0.6) is 17.2 Å². The van der Waals surface area contributed by atoms with Crippen LogP contribution >= 0.6 is 0 Å². The highest BCUT2D eigenvalue weighted by Gasteiger charge is 2.23. The molecule has 0 aliphatic rings. The van der Waals surface area contributed by atoms with Gasteiger partial charge in [0.2, 0.25) is 0 Å². The van der Waals surface area contributed by atoms with Gasteiger partial charge in [0.25, 0.3) is 5.75 Å². The van der Waals surface area contributed by atoms with Crippen LogP contribution in [0, 0.1) is 0 Å². The van der Waals surface area contributed by atoms with E-state index in [1.807, 2.05) is 39.8 Å². The van der Waals surface area contributed by atoms with Crippen LogP contribution in [0.25, 0.3) is 11.0 Å². The summed E-state index contributed by atoms with van der Waals surface area (Å²) in [4.78, 5) is 23.9. The molecule has 1 aromatic carbocycles. The summed E-state index contributed by atoms with van der Waals surface area (Å²) >= 11 is 0. The third-order valence-electron chi connectivity index (χ3n) is 3.41. The molecule has 0 spiro atoms. The highest BCUT2D eigenvalue weighted by molar-refractivity contribution is 5.90. The van der Waals surface area contributed by atoms with Gasteiger partial charge >= 0.3 is 11.6 Å². The zero-order valence-electron chi connectivity index (χ0n) is 16.5. The quantitative estimate of drug-likeness (QED) is 0.304. The lowest BCUT2D eigenvalue weighted by Gasteiger charge is -2.22. The van der Waals surface area contributed by atoms with Gasteiger partial charge in [-0.25, -0.2) is 4.79 Å². The first-order chi connectivity index (χ1) is 12.7. The maximum atomic E-state index is 12.4. The van der Waals surface area contributed by atoms with E-state index in [-0.39, 0.29) is 17.1 Å². The van der Waals surface area contributed by atoms with Gasteiger partial charge in [-0.15, -0.1) is 0 Å². The molecular formula is C21H26O6. The number of hydrogen-bond donors (Lipinski definition) is 0. The van der Waals surface area contributed by atoms with Gasteiger partial charge in [-0.1, -0.05) is 25.1 Å². The fourth-order valence-electron chi connectivity index (χ4n) is 2.45. The average molecular weight is 374 g/mol. The molecule has 0 fully saturated rings. The highest BCUT2D eigenvalue weighted by atomic mass is 16.6. The van der Waals surface area contributed by atoms with Gasteiger partial charge in [-0.2, -0.15) is 0 Å². The van der Waals surface area contributed by atoms with Crippen molar-refractivity contribution in [1.82, 2.24) is 0 Å². The molecule has 6 heteroatoms. The third-order valence-corrected chi connectivity index (χ3v) is 3.41. The summed E-state index contributed by atoms with van der Waals surface area (Å²) in [5, 5.41) is 0.507. The van der Waals surface area contributed by atoms with Crippen molar-refractivity contribution >= 4 is 16.9 Å². The molecule has 0 bridgehead atoms. The zero-order valence-corrected chi connectivity index (χ0v) is 16.5. The number of carbonyl (C=O) groups is 1. The Bertz CT molecular complexity index is 886. The van der Waals surface area contributed by atoms with E-state index < -0.39 is 17.2 Å². The van der Waals surface area contributed by atoms with Gasteiger partial charge < -0.3 is 18.6 Å². The Labute approximate surface area is 158 Å². The normalized spacial score (nSPS) is 11.7. The van der Waals surface area contributed by atoms with E-state index in [0.29, 0.717) is 24.2 Å². The number of carbonyl (C=O) groups excluding carboxylic acids is 1. The number of esters is 1. The Morgan fingerprint density at radius 2 is 1.93 bits per heavy atom. The molecule has 0 atom stereocenters. The molecule has 0 N–H and O–H groups in total. The number of allylic oxidation sites excluding steroid dienone is 1. The van der Waals surface area contributed by atoms with Crippen molar-refractivity contribution in [3.63, 3.8) is 0 Å². The van der Waals surface area contributed by atoms with E-state index in [0.717, 1.165) is 6.42 Å². The molecule has 0 saturated heterocycles. The van der Waals surface area contributed by atoms with Gasteiger partial charge in [0.1, 0.15) is 5.60 Å². The van der Waals surface area contributed by atoms with Crippen molar-refractivity contribution in [2.24, 2.45) is 0 Å². The molecule has 146 valence electrons. The summed E-state index contributed by atoms with van der Waals surface area (Å²) in [5.74, 6) is -0.273. The van der Waals surface area contributed by atoms with Gasteiger partial charge in [-0.3, -0.25) is 4.79 Å². The average Bonchev–Trinajstić information content (AvgIpc) is 2.56. The lowest BCUT2D eigenvalue weighted by molar-refractivity contribution is -0.132. The number of fused-ring (bicyclic) bond motifs is 1. The van der Waals surface area contributed by atoms with Gasteiger partial charge in [0.05, 0.1) is 12.0 Å². The van der Waals surface area contributed by atoms with E-state index in [2.05, 4.69) is 0 Å². The standard InChI is InChI=1S/C21H26O6/c1-6-7-8-9-13-24-18-15-11-10-12-16(27-21(3,4)5)17(15)26-20(23)19(18)25-14(2)22/h7-8,10-12H,6,9,13H2,1-5H3. The number of para-hydroxylation sites is 1. The number of ether oxygens (including phenoxy) is 3. The minimum atomic E-state index is -0.790. The van der Waals surface area contributed by atoms with Crippen LogP contribution in [0.15, 0.2) is 39.6 Å². The predicted molar refractivity (Wildman–Crippen MR) is 104 cm³/mol. The third kappa shape index (κ3) is 5.61. The van der Waals surface area contributed by atoms with Crippen molar-refractivity contribution in [1.29, 1.82) is 0 Å².